The molecule has 0 bridgehead atoms. The highest BCUT2D eigenvalue weighted by atomic mass is 16.6. The number of hydrogen-bond acceptors (Lipinski definition) is 8. The number of carbonyl (C=O) groups is 4. The second kappa shape index (κ2) is 18.2. The van der Waals surface area contributed by atoms with Gasteiger partial charge in [0, 0.05) is 19.8 Å². The molecule has 0 aliphatic rings. The van der Waals surface area contributed by atoms with Crippen molar-refractivity contribution in [2.24, 2.45) is 0 Å². The molecule has 5 N–H and O–H groups in total. The molecule has 0 spiro atoms. The fraction of sp³-hybridized carbons (Fsp3) is 0.739. The molecule has 0 heterocycles. The number of unbranched alkanes of at least 4 members (excludes halogenated alkanes) is 7. The number of esters is 1. The zero-order chi connectivity index (χ0) is 25.2. The van der Waals surface area contributed by atoms with E-state index in [2.05, 4.69) is 6.92 Å². The van der Waals surface area contributed by atoms with Crippen LogP contribution in [0, 0.1) is 0 Å². The number of nitrogens with one attached hydrogen (secondary N) is 1. The molecule has 10 heteroatoms. The lowest BCUT2D eigenvalue weighted by molar-refractivity contribution is -0.160. The molecule has 0 aromatic rings. The van der Waals surface area contributed by atoms with Gasteiger partial charge in [0.2, 0.25) is 6.04 Å². The minimum Gasteiger partial charge on any atom is -0.480 e. The van der Waals surface area contributed by atoms with Crippen LogP contribution in [0.15, 0.2) is 12.2 Å². The summed E-state index contributed by atoms with van der Waals surface area (Å²) in [5.74, 6) is -3.91. The first-order valence-electron chi connectivity index (χ1n) is 11.5. The van der Waals surface area contributed by atoms with Gasteiger partial charge in [0.05, 0.1) is 0 Å². The van der Waals surface area contributed by atoms with E-state index in [1.165, 1.54) is 6.08 Å². The lowest BCUT2D eigenvalue weighted by atomic mass is 10.0. The van der Waals surface area contributed by atoms with E-state index < -0.39 is 42.4 Å². The number of ketones is 1. The summed E-state index contributed by atoms with van der Waals surface area (Å²) >= 11 is 0. The van der Waals surface area contributed by atoms with Crippen LogP contribution in [0.25, 0.3) is 0 Å². The third-order valence-corrected chi connectivity index (χ3v) is 5.00. The number of allylic oxidation sites excluding steroid dienone is 1. The lowest BCUT2D eigenvalue weighted by Gasteiger charge is -2.26. The Labute approximate surface area is 195 Å². The number of carboxylic acids is 2. The fourth-order valence-corrected chi connectivity index (χ4v) is 3.15. The molecule has 0 unspecified atom stereocenters. The predicted octanol–water partition coefficient (Wildman–Crippen LogP) is 2.16. The number of Topliss-reactive ketones (excluding diaryl/α,β-unsaturated/α-hetero) is 1. The molecule has 0 fully saturated rings. The Balaban J connectivity index is 4.38. The van der Waals surface area contributed by atoms with Gasteiger partial charge in [0.25, 0.3) is 0 Å². The summed E-state index contributed by atoms with van der Waals surface area (Å²) in [5.41, 5.74) is 0. The molecule has 0 aromatic carbocycles. The molecular formula is C23H39NO9. The van der Waals surface area contributed by atoms with E-state index >= 15 is 0 Å². The summed E-state index contributed by atoms with van der Waals surface area (Å²) in [6.45, 7) is 3.24. The van der Waals surface area contributed by atoms with E-state index in [0.29, 0.717) is 25.0 Å². The molecule has 10 nitrogen and oxygen atoms in total. The van der Waals surface area contributed by atoms with Crippen molar-refractivity contribution in [3.63, 3.8) is 0 Å². The second-order valence-corrected chi connectivity index (χ2v) is 8.02. The Morgan fingerprint density at radius 3 is 1.94 bits per heavy atom. The first-order valence-corrected chi connectivity index (χ1v) is 11.5. The van der Waals surface area contributed by atoms with Crippen molar-refractivity contribution in [2.75, 3.05) is 0 Å². The van der Waals surface area contributed by atoms with Crippen molar-refractivity contribution >= 4 is 23.7 Å². The van der Waals surface area contributed by atoms with Crippen LogP contribution in [0.4, 0.5) is 0 Å². The van der Waals surface area contributed by atoms with Crippen LogP contribution in [0.1, 0.15) is 84.5 Å². The highest BCUT2D eigenvalue weighted by molar-refractivity contribution is 5.97. The van der Waals surface area contributed by atoms with Gasteiger partial charge in [-0.25, -0.2) is 9.59 Å². The van der Waals surface area contributed by atoms with Gasteiger partial charge in [0.1, 0.15) is 24.2 Å². The van der Waals surface area contributed by atoms with Crippen LogP contribution < -0.4 is 5.32 Å². The molecule has 0 aliphatic carbocycles. The number of aliphatic hydroxyl groups excluding tert-OH is 2. The summed E-state index contributed by atoms with van der Waals surface area (Å²) in [6.07, 6.45) is 7.70. The quantitative estimate of drug-likeness (QED) is 0.0580. The minimum absolute atomic E-state index is 0.310. The van der Waals surface area contributed by atoms with Crippen molar-refractivity contribution in [3.8, 4) is 0 Å². The van der Waals surface area contributed by atoms with E-state index in [4.69, 9.17) is 14.9 Å². The van der Waals surface area contributed by atoms with Gasteiger partial charge in [-0.2, -0.15) is 0 Å². The standard InChI is InChI=1S/C23H39NO9/c1-3-4-5-10-13-17(26)14-11-8-6-7-9-12-15-18(33-16(2)25)20(27)21(28)24-19(22(29)30)23(31)32/h12,15,18-21,24,27-28H,3-11,13-14H2,1-2H3,(H,29,30)(H,31,32)/b15-12+/t18-,20-,21+/m0/s1. The molecule has 0 rings (SSSR count). The molecule has 0 aliphatic heterocycles. The van der Waals surface area contributed by atoms with Gasteiger partial charge in [0.15, 0.2) is 0 Å². The van der Waals surface area contributed by atoms with Gasteiger partial charge < -0.3 is 25.2 Å². The average molecular weight is 474 g/mol. The molecule has 0 saturated heterocycles. The molecule has 3 atom stereocenters. The SMILES string of the molecule is CCCCCCC(=O)CCCCCC/C=C/[C@H](OC(C)=O)[C@H](O)[C@@H](O)NC(C(=O)O)C(=O)O. The Morgan fingerprint density at radius 1 is 0.879 bits per heavy atom. The van der Waals surface area contributed by atoms with Gasteiger partial charge in [-0.15, -0.1) is 0 Å². The lowest BCUT2D eigenvalue weighted by Crippen LogP contribution is -2.55. The van der Waals surface area contributed by atoms with Crippen molar-refractivity contribution in [3.05, 3.63) is 12.2 Å². The Bertz CT molecular complexity index is 621. The zero-order valence-corrected chi connectivity index (χ0v) is 19.6. The van der Waals surface area contributed by atoms with Crippen LogP contribution in [-0.4, -0.2) is 68.6 Å². The maximum Gasteiger partial charge on any atom is 0.332 e. The van der Waals surface area contributed by atoms with E-state index in [1.807, 2.05) is 5.32 Å². The fourth-order valence-electron chi connectivity index (χ4n) is 3.15. The summed E-state index contributed by atoms with van der Waals surface area (Å²) < 4.78 is 4.95. The van der Waals surface area contributed by atoms with Crippen LogP contribution in [-0.2, 0) is 23.9 Å². The first-order chi connectivity index (χ1) is 15.6. The average Bonchev–Trinajstić information content (AvgIpc) is 2.74. The van der Waals surface area contributed by atoms with Crippen molar-refractivity contribution < 1.29 is 44.3 Å². The molecule has 0 radical (unpaired) electrons. The van der Waals surface area contributed by atoms with E-state index in [9.17, 15) is 29.4 Å². The normalized spacial score (nSPS) is 14.2. The Hall–Kier alpha value is -2.30. The summed E-state index contributed by atoms with van der Waals surface area (Å²) in [6, 6.07) is -2.14. The van der Waals surface area contributed by atoms with Gasteiger partial charge >= 0.3 is 17.9 Å². The van der Waals surface area contributed by atoms with E-state index in [1.54, 1.807) is 6.08 Å². The molecule has 33 heavy (non-hydrogen) atoms. The third kappa shape index (κ3) is 15.2. The zero-order valence-electron chi connectivity index (χ0n) is 19.6. The number of carboxylic acid groups (broad SMARTS) is 2. The van der Waals surface area contributed by atoms with E-state index in [0.717, 1.165) is 58.3 Å². The maximum absolute atomic E-state index is 11.8. The van der Waals surface area contributed by atoms with Gasteiger partial charge in [-0.1, -0.05) is 45.1 Å². The van der Waals surface area contributed by atoms with Crippen LogP contribution in [0.2, 0.25) is 0 Å². The Kier molecular flexibility index (Phi) is 16.9. The Morgan fingerprint density at radius 2 is 1.42 bits per heavy atom. The van der Waals surface area contributed by atoms with Crippen molar-refractivity contribution in [1.82, 2.24) is 5.32 Å². The highest BCUT2D eigenvalue weighted by Crippen LogP contribution is 2.12. The minimum atomic E-state index is -2.14. The molecule has 0 amide bonds. The van der Waals surface area contributed by atoms with Crippen molar-refractivity contribution in [1.29, 1.82) is 0 Å². The summed E-state index contributed by atoms with van der Waals surface area (Å²) in [5, 5.41) is 39.7. The van der Waals surface area contributed by atoms with E-state index in [-0.39, 0.29) is 0 Å². The number of aliphatic hydroxyl groups is 2. The molecule has 0 aromatic heterocycles. The smallest absolute Gasteiger partial charge is 0.332 e. The maximum atomic E-state index is 11.8. The third-order valence-electron chi connectivity index (χ3n) is 5.00. The number of hydrogen-bond donors (Lipinski definition) is 5. The highest BCUT2D eigenvalue weighted by Gasteiger charge is 2.34. The molecular weight excluding hydrogens is 434 g/mol. The number of carbonyl (C=O) groups excluding carboxylic acids is 2. The number of ether oxygens (including phenoxy) is 1. The van der Waals surface area contributed by atoms with Gasteiger partial charge in [-0.05, 0) is 31.8 Å². The number of aliphatic carboxylic acids is 2. The van der Waals surface area contributed by atoms with Crippen LogP contribution in [0.3, 0.4) is 0 Å². The number of rotatable bonds is 20. The monoisotopic (exact) mass is 473 g/mol. The first kappa shape index (κ1) is 30.7. The second-order valence-electron chi connectivity index (χ2n) is 8.02. The summed E-state index contributed by atoms with van der Waals surface area (Å²) in [7, 11) is 0. The van der Waals surface area contributed by atoms with Crippen LogP contribution in [0.5, 0.6) is 0 Å². The van der Waals surface area contributed by atoms with Gasteiger partial charge in [-0.3, -0.25) is 14.9 Å². The molecule has 190 valence electrons. The van der Waals surface area contributed by atoms with Crippen molar-refractivity contribution in [2.45, 2.75) is 109 Å². The van der Waals surface area contributed by atoms with Crippen LogP contribution >= 0.6 is 0 Å². The topological polar surface area (TPSA) is 170 Å². The largest absolute Gasteiger partial charge is 0.480 e. The predicted molar refractivity (Wildman–Crippen MR) is 120 cm³/mol. The molecule has 0 saturated carbocycles. The summed E-state index contributed by atoms with van der Waals surface area (Å²) in [4.78, 5) is 44.9.